The fourth-order valence-electron chi connectivity index (χ4n) is 2.50. The van der Waals surface area contributed by atoms with Gasteiger partial charge in [-0.05, 0) is 37.1 Å². The largest absolute Gasteiger partial charge is 0.481 e. The van der Waals surface area contributed by atoms with E-state index in [0.717, 1.165) is 0 Å². The van der Waals surface area contributed by atoms with Crippen molar-refractivity contribution in [2.45, 2.75) is 12.8 Å². The molecule has 2 atom stereocenters. The predicted octanol–water partition coefficient (Wildman–Crippen LogP) is 2.19. The zero-order chi connectivity index (χ0) is 15.4. The minimum Gasteiger partial charge on any atom is -0.481 e. The lowest BCUT2D eigenvalue weighted by atomic mass is 9.82. The van der Waals surface area contributed by atoms with Crippen molar-refractivity contribution in [3.63, 3.8) is 0 Å². The molecule has 1 aliphatic rings. The standard InChI is InChI=1S/C16H16N2O3/c1-18(12-8-6-11(10-17)7-9-12)15(19)13-4-2-3-5-14(13)16(20)21/h2-3,6-9,13-14H,4-5H2,1H3,(H,20,21). The molecule has 0 saturated carbocycles. The van der Waals surface area contributed by atoms with Crippen LogP contribution in [0.25, 0.3) is 0 Å². The molecule has 0 spiro atoms. The summed E-state index contributed by atoms with van der Waals surface area (Å²) in [6, 6.07) is 8.66. The van der Waals surface area contributed by atoms with Gasteiger partial charge >= 0.3 is 5.97 Å². The molecule has 0 aliphatic heterocycles. The Bertz CT molecular complexity index is 613. The number of nitrogens with zero attached hydrogens (tertiary/aromatic N) is 2. The molecule has 2 rings (SSSR count). The molecule has 1 N–H and O–H groups in total. The van der Waals surface area contributed by atoms with Crippen LogP contribution in [0, 0.1) is 23.2 Å². The fraction of sp³-hybridized carbons (Fsp3) is 0.312. The van der Waals surface area contributed by atoms with E-state index in [1.807, 2.05) is 18.2 Å². The van der Waals surface area contributed by atoms with Crippen LogP contribution in [-0.2, 0) is 9.59 Å². The van der Waals surface area contributed by atoms with Crippen molar-refractivity contribution < 1.29 is 14.7 Å². The normalized spacial score (nSPS) is 20.6. The van der Waals surface area contributed by atoms with E-state index in [2.05, 4.69) is 0 Å². The summed E-state index contributed by atoms with van der Waals surface area (Å²) in [5, 5.41) is 18.0. The first-order chi connectivity index (χ1) is 10.0. The van der Waals surface area contributed by atoms with E-state index in [-0.39, 0.29) is 5.91 Å². The molecule has 0 aromatic heterocycles. The Kier molecular flexibility index (Phi) is 4.39. The first-order valence-corrected chi connectivity index (χ1v) is 6.70. The number of benzene rings is 1. The van der Waals surface area contributed by atoms with Crippen LogP contribution >= 0.6 is 0 Å². The number of hydrogen-bond acceptors (Lipinski definition) is 3. The SMILES string of the molecule is CN(C(=O)C1CC=CCC1C(=O)O)c1ccc(C#N)cc1. The van der Waals surface area contributed by atoms with Crippen LogP contribution in [-0.4, -0.2) is 24.0 Å². The topological polar surface area (TPSA) is 81.4 Å². The van der Waals surface area contributed by atoms with Gasteiger partial charge in [0.1, 0.15) is 0 Å². The Balaban J connectivity index is 2.19. The number of anilines is 1. The molecule has 5 nitrogen and oxygen atoms in total. The minimum atomic E-state index is -0.939. The molecule has 0 radical (unpaired) electrons. The molecule has 0 bridgehead atoms. The van der Waals surface area contributed by atoms with Crippen molar-refractivity contribution in [1.29, 1.82) is 5.26 Å². The number of allylic oxidation sites excluding steroid dienone is 2. The van der Waals surface area contributed by atoms with Crippen molar-refractivity contribution in [2.75, 3.05) is 11.9 Å². The van der Waals surface area contributed by atoms with Crippen LogP contribution in [0.15, 0.2) is 36.4 Å². The summed E-state index contributed by atoms with van der Waals surface area (Å²) in [6.45, 7) is 0. The molecule has 108 valence electrons. The van der Waals surface area contributed by atoms with Crippen molar-refractivity contribution in [1.82, 2.24) is 0 Å². The molecule has 2 unspecified atom stereocenters. The summed E-state index contributed by atoms with van der Waals surface area (Å²) in [5.74, 6) is -2.38. The summed E-state index contributed by atoms with van der Waals surface area (Å²) in [5.41, 5.74) is 1.17. The molecule has 1 aromatic carbocycles. The average molecular weight is 284 g/mol. The molecule has 1 aliphatic carbocycles. The predicted molar refractivity (Wildman–Crippen MR) is 77.6 cm³/mol. The van der Waals surface area contributed by atoms with E-state index in [9.17, 15) is 14.7 Å². The smallest absolute Gasteiger partial charge is 0.307 e. The molecular weight excluding hydrogens is 268 g/mol. The van der Waals surface area contributed by atoms with Gasteiger partial charge in [0.15, 0.2) is 0 Å². The first kappa shape index (κ1) is 14.8. The lowest BCUT2D eigenvalue weighted by Crippen LogP contribution is -2.40. The van der Waals surface area contributed by atoms with Gasteiger partial charge in [0.25, 0.3) is 0 Å². The zero-order valence-electron chi connectivity index (χ0n) is 11.7. The Hall–Kier alpha value is -2.61. The second kappa shape index (κ2) is 6.23. The second-order valence-corrected chi connectivity index (χ2v) is 5.05. The Labute approximate surface area is 123 Å². The van der Waals surface area contributed by atoms with Crippen LogP contribution in [0.4, 0.5) is 5.69 Å². The zero-order valence-corrected chi connectivity index (χ0v) is 11.7. The van der Waals surface area contributed by atoms with E-state index >= 15 is 0 Å². The van der Waals surface area contributed by atoms with Crippen molar-refractivity contribution in [3.8, 4) is 6.07 Å². The maximum absolute atomic E-state index is 12.5. The van der Waals surface area contributed by atoms with Gasteiger partial charge in [-0.15, -0.1) is 0 Å². The van der Waals surface area contributed by atoms with E-state index in [1.165, 1.54) is 4.90 Å². The average Bonchev–Trinajstić information content (AvgIpc) is 2.53. The fourth-order valence-corrected chi connectivity index (χ4v) is 2.50. The number of carbonyl (C=O) groups is 2. The third-order valence-electron chi connectivity index (χ3n) is 3.78. The molecule has 1 amide bonds. The van der Waals surface area contributed by atoms with Gasteiger partial charge < -0.3 is 10.0 Å². The molecule has 1 aromatic rings. The van der Waals surface area contributed by atoms with E-state index in [4.69, 9.17) is 5.26 Å². The maximum atomic E-state index is 12.5. The summed E-state index contributed by atoms with van der Waals surface area (Å²) in [4.78, 5) is 25.3. The van der Waals surface area contributed by atoms with Crippen molar-refractivity contribution in [3.05, 3.63) is 42.0 Å². The molecule has 0 fully saturated rings. The van der Waals surface area contributed by atoms with Gasteiger partial charge in [0.2, 0.25) is 5.91 Å². The van der Waals surface area contributed by atoms with Crippen LogP contribution in [0.2, 0.25) is 0 Å². The second-order valence-electron chi connectivity index (χ2n) is 5.05. The van der Waals surface area contributed by atoms with Crippen LogP contribution in [0.3, 0.4) is 0 Å². The Morgan fingerprint density at radius 3 is 2.29 bits per heavy atom. The van der Waals surface area contributed by atoms with Crippen LogP contribution in [0.5, 0.6) is 0 Å². The van der Waals surface area contributed by atoms with Gasteiger partial charge in [-0.25, -0.2) is 0 Å². The van der Waals surface area contributed by atoms with Gasteiger partial charge in [-0.1, -0.05) is 12.2 Å². The third-order valence-corrected chi connectivity index (χ3v) is 3.78. The lowest BCUT2D eigenvalue weighted by Gasteiger charge is -2.28. The lowest BCUT2D eigenvalue weighted by molar-refractivity contribution is -0.146. The van der Waals surface area contributed by atoms with Crippen molar-refractivity contribution in [2.24, 2.45) is 11.8 Å². The number of nitriles is 1. The molecule has 21 heavy (non-hydrogen) atoms. The van der Waals surface area contributed by atoms with E-state index in [1.54, 1.807) is 31.3 Å². The monoisotopic (exact) mass is 284 g/mol. The molecule has 0 heterocycles. The third kappa shape index (κ3) is 3.11. The quantitative estimate of drug-likeness (QED) is 0.863. The molecule has 0 saturated heterocycles. The van der Waals surface area contributed by atoms with Crippen molar-refractivity contribution >= 4 is 17.6 Å². The van der Waals surface area contributed by atoms with Gasteiger partial charge in [0, 0.05) is 12.7 Å². The van der Waals surface area contributed by atoms with Crippen LogP contribution in [0.1, 0.15) is 18.4 Å². The summed E-state index contributed by atoms with van der Waals surface area (Å²) in [7, 11) is 1.63. The minimum absolute atomic E-state index is 0.212. The highest BCUT2D eigenvalue weighted by molar-refractivity contribution is 5.97. The highest BCUT2D eigenvalue weighted by atomic mass is 16.4. The number of hydrogen-bond donors (Lipinski definition) is 1. The molecule has 5 heteroatoms. The summed E-state index contributed by atoms with van der Waals surface area (Å²) < 4.78 is 0. The number of amides is 1. The summed E-state index contributed by atoms with van der Waals surface area (Å²) >= 11 is 0. The van der Waals surface area contributed by atoms with Crippen LogP contribution < -0.4 is 4.90 Å². The number of carbonyl (C=O) groups excluding carboxylic acids is 1. The Morgan fingerprint density at radius 2 is 1.76 bits per heavy atom. The highest BCUT2D eigenvalue weighted by Gasteiger charge is 2.35. The number of carboxylic acid groups (broad SMARTS) is 1. The maximum Gasteiger partial charge on any atom is 0.307 e. The molecular formula is C16H16N2O3. The number of carboxylic acids is 1. The highest BCUT2D eigenvalue weighted by Crippen LogP contribution is 2.29. The first-order valence-electron chi connectivity index (χ1n) is 6.70. The van der Waals surface area contributed by atoms with E-state index < -0.39 is 17.8 Å². The Morgan fingerprint density at radius 1 is 1.19 bits per heavy atom. The number of rotatable bonds is 3. The van der Waals surface area contributed by atoms with E-state index in [0.29, 0.717) is 24.1 Å². The number of aliphatic carboxylic acids is 1. The summed E-state index contributed by atoms with van der Waals surface area (Å²) in [6.07, 6.45) is 4.49. The van der Waals surface area contributed by atoms with Gasteiger partial charge in [-0.3, -0.25) is 9.59 Å². The van der Waals surface area contributed by atoms with Gasteiger partial charge in [-0.2, -0.15) is 5.26 Å². The van der Waals surface area contributed by atoms with Gasteiger partial charge in [0.05, 0.1) is 23.5 Å².